The van der Waals surface area contributed by atoms with Crippen LogP contribution in [-0.2, 0) is 6.42 Å². The molecular formula is C16H16FN. The second-order valence-corrected chi connectivity index (χ2v) is 4.75. The third-order valence-corrected chi connectivity index (χ3v) is 3.46. The van der Waals surface area contributed by atoms with Crippen molar-refractivity contribution in [3.8, 4) is 0 Å². The highest BCUT2D eigenvalue weighted by Crippen LogP contribution is 2.29. The van der Waals surface area contributed by atoms with E-state index in [0.29, 0.717) is 0 Å². The number of rotatable bonds is 2. The van der Waals surface area contributed by atoms with Gasteiger partial charge in [0.1, 0.15) is 5.82 Å². The van der Waals surface area contributed by atoms with Crippen LogP contribution in [0.25, 0.3) is 0 Å². The van der Waals surface area contributed by atoms with E-state index in [9.17, 15) is 4.39 Å². The van der Waals surface area contributed by atoms with Gasteiger partial charge in [0, 0.05) is 18.8 Å². The number of hydrogen-bond acceptors (Lipinski definition) is 1. The maximum absolute atomic E-state index is 13.3. The van der Waals surface area contributed by atoms with E-state index in [1.54, 1.807) is 12.1 Å². The number of anilines is 1. The van der Waals surface area contributed by atoms with E-state index in [-0.39, 0.29) is 5.82 Å². The van der Waals surface area contributed by atoms with Crippen molar-refractivity contribution in [1.82, 2.24) is 0 Å². The molecule has 0 N–H and O–H groups in total. The molecule has 0 saturated heterocycles. The van der Waals surface area contributed by atoms with Crippen molar-refractivity contribution in [1.29, 1.82) is 0 Å². The zero-order valence-corrected chi connectivity index (χ0v) is 10.3. The summed E-state index contributed by atoms with van der Waals surface area (Å²) in [4.78, 5) is 2.26. The molecule has 0 aromatic heterocycles. The maximum Gasteiger partial charge on any atom is 0.125 e. The molecule has 0 spiro atoms. The molecular weight excluding hydrogens is 225 g/mol. The number of benzene rings is 1. The maximum atomic E-state index is 13.3. The Morgan fingerprint density at radius 3 is 3.11 bits per heavy atom. The van der Waals surface area contributed by atoms with Crippen molar-refractivity contribution >= 4 is 5.69 Å². The Morgan fingerprint density at radius 2 is 2.17 bits per heavy atom. The van der Waals surface area contributed by atoms with Crippen LogP contribution in [0.3, 0.4) is 0 Å². The van der Waals surface area contributed by atoms with Crippen LogP contribution in [0.2, 0.25) is 0 Å². The van der Waals surface area contributed by atoms with Crippen molar-refractivity contribution in [3.05, 3.63) is 65.5 Å². The molecule has 0 amide bonds. The van der Waals surface area contributed by atoms with Crippen LogP contribution in [0.5, 0.6) is 0 Å². The predicted molar refractivity (Wildman–Crippen MR) is 73.3 cm³/mol. The Bertz CT molecular complexity index is 540. The smallest absolute Gasteiger partial charge is 0.125 e. The molecule has 0 atom stereocenters. The van der Waals surface area contributed by atoms with Crippen LogP contribution in [0.1, 0.15) is 12.0 Å². The van der Waals surface area contributed by atoms with E-state index in [4.69, 9.17) is 0 Å². The quantitative estimate of drug-likeness (QED) is 0.764. The van der Waals surface area contributed by atoms with Crippen molar-refractivity contribution < 1.29 is 4.39 Å². The Balaban J connectivity index is 1.82. The summed E-state index contributed by atoms with van der Waals surface area (Å²) in [5.74, 6) is -0.147. The van der Waals surface area contributed by atoms with Crippen LogP contribution in [-0.4, -0.2) is 13.1 Å². The lowest BCUT2D eigenvalue weighted by molar-refractivity contribution is 0.627. The predicted octanol–water partition coefficient (Wildman–Crippen LogP) is 3.63. The van der Waals surface area contributed by atoms with Gasteiger partial charge in [0.25, 0.3) is 0 Å². The minimum atomic E-state index is -0.147. The summed E-state index contributed by atoms with van der Waals surface area (Å²) in [6.07, 6.45) is 12.7. The third kappa shape index (κ3) is 2.23. The molecule has 18 heavy (non-hydrogen) atoms. The molecule has 1 aliphatic carbocycles. The molecule has 1 nitrogen and oxygen atoms in total. The van der Waals surface area contributed by atoms with Crippen LogP contribution in [0.15, 0.2) is 54.2 Å². The fraction of sp³-hybridized carbons (Fsp3) is 0.250. The molecule has 3 rings (SSSR count). The van der Waals surface area contributed by atoms with Crippen molar-refractivity contribution in [2.24, 2.45) is 0 Å². The summed E-state index contributed by atoms with van der Waals surface area (Å²) in [5.41, 5.74) is 3.59. The van der Waals surface area contributed by atoms with E-state index in [2.05, 4.69) is 35.3 Å². The molecule has 0 saturated carbocycles. The molecule has 1 aromatic rings. The first-order valence-electron chi connectivity index (χ1n) is 6.38. The summed E-state index contributed by atoms with van der Waals surface area (Å²) in [7, 11) is 0. The van der Waals surface area contributed by atoms with Crippen LogP contribution in [0, 0.1) is 5.82 Å². The van der Waals surface area contributed by atoms with Gasteiger partial charge in [-0.05, 0) is 36.1 Å². The van der Waals surface area contributed by atoms with Gasteiger partial charge in [-0.15, -0.1) is 0 Å². The Morgan fingerprint density at radius 1 is 1.22 bits per heavy atom. The average molecular weight is 241 g/mol. The molecule has 0 bridgehead atoms. The Hall–Kier alpha value is -1.83. The molecule has 0 unspecified atom stereocenters. The second-order valence-electron chi connectivity index (χ2n) is 4.75. The van der Waals surface area contributed by atoms with Gasteiger partial charge >= 0.3 is 0 Å². The highest BCUT2D eigenvalue weighted by Gasteiger charge is 2.19. The van der Waals surface area contributed by atoms with E-state index in [1.807, 2.05) is 6.07 Å². The summed E-state index contributed by atoms with van der Waals surface area (Å²) < 4.78 is 13.3. The lowest BCUT2D eigenvalue weighted by atomic mass is 10.1. The molecule has 1 aromatic carbocycles. The van der Waals surface area contributed by atoms with Crippen LogP contribution >= 0.6 is 0 Å². The summed E-state index contributed by atoms with van der Waals surface area (Å²) in [6, 6.07) is 5.11. The van der Waals surface area contributed by atoms with Gasteiger partial charge in [-0.3, -0.25) is 0 Å². The fourth-order valence-electron chi connectivity index (χ4n) is 2.53. The summed E-state index contributed by atoms with van der Waals surface area (Å²) in [6.45, 7) is 1.84. The first-order chi connectivity index (χ1) is 8.83. The van der Waals surface area contributed by atoms with Gasteiger partial charge in [-0.25, -0.2) is 4.39 Å². The number of halogens is 1. The molecule has 1 heterocycles. The van der Waals surface area contributed by atoms with Gasteiger partial charge in [0.2, 0.25) is 0 Å². The average Bonchev–Trinajstić information content (AvgIpc) is 2.60. The number of hydrogen-bond donors (Lipinski definition) is 0. The minimum Gasteiger partial charge on any atom is -0.367 e. The fourth-order valence-corrected chi connectivity index (χ4v) is 2.53. The lowest BCUT2D eigenvalue weighted by Gasteiger charge is -2.20. The highest BCUT2D eigenvalue weighted by molar-refractivity contribution is 5.59. The first-order valence-corrected chi connectivity index (χ1v) is 6.38. The standard InChI is InChI=1S/C16H16FN/c17-15-8-7-14-9-10-18(16(14)11-15)12-13-5-3-1-2-4-6-13/h1,3-8,11H,2,9-10,12H2. The molecule has 92 valence electrons. The largest absolute Gasteiger partial charge is 0.367 e. The lowest BCUT2D eigenvalue weighted by Crippen LogP contribution is -2.22. The second kappa shape index (κ2) is 4.81. The zero-order valence-electron chi connectivity index (χ0n) is 10.3. The first kappa shape index (κ1) is 11.3. The summed E-state index contributed by atoms with van der Waals surface area (Å²) >= 11 is 0. The van der Waals surface area contributed by atoms with Crippen molar-refractivity contribution in [2.75, 3.05) is 18.0 Å². The summed E-state index contributed by atoms with van der Waals surface area (Å²) in [5, 5.41) is 0. The minimum absolute atomic E-state index is 0.147. The molecule has 1 aliphatic heterocycles. The van der Waals surface area contributed by atoms with Gasteiger partial charge in [-0.2, -0.15) is 0 Å². The molecule has 2 heteroatoms. The van der Waals surface area contributed by atoms with Crippen LogP contribution < -0.4 is 4.90 Å². The Labute approximate surface area is 107 Å². The van der Waals surface area contributed by atoms with E-state index < -0.39 is 0 Å². The SMILES string of the molecule is Fc1ccc2c(c1)N(CC1=CC=CCC=C1)CC2. The van der Waals surface area contributed by atoms with Crippen molar-refractivity contribution in [2.45, 2.75) is 12.8 Å². The van der Waals surface area contributed by atoms with Gasteiger partial charge in [0.15, 0.2) is 0 Å². The number of allylic oxidation sites excluding steroid dienone is 4. The highest BCUT2D eigenvalue weighted by atomic mass is 19.1. The normalized spacial score (nSPS) is 17.6. The molecule has 2 aliphatic rings. The van der Waals surface area contributed by atoms with Crippen LogP contribution in [0.4, 0.5) is 10.1 Å². The van der Waals surface area contributed by atoms with Crippen molar-refractivity contribution in [3.63, 3.8) is 0 Å². The number of fused-ring (bicyclic) bond motifs is 1. The molecule has 0 radical (unpaired) electrons. The van der Waals surface area contributed by atoms with Gasteiger partial charge in [-0.1, -0.05) is 36.4 Å². The number of nitrogens with zero attached hydrogens (tertiary/aromatic N) is 1. The third-order valence-electron chi connectivity index (χ3n) is 3.46. The van der Waals surface area contributed by atoms with Gasteiger partial charge in [0.05, 0.1) is 0 Å². The zero-order chi connectivity index (χ0) is 12.4. The van der Waals surface area contributed by atoms with E-state index in [0.717, 1.165) is 31.6 Å². The van der Waals surface area contributed by atoms with Gasteiger partial charge < -0.3 is 4.90 Å². The topological polar surface area (TPSA) is 3.24 Å². The van der Waals surface area contributed by atoms with E-state index >= 15 is 0 Å². The monoisotopic (exact) mass is 241 g/mol. The van der Waals surface area contributed by atoms with E-state index in [1.165, 1.54) is 11.1 Å². The Kier molecular flexibility index (Phi) is 3.01. The molecule has 0 fully saturated rings.